The number of aromatic nitrogens is 1. The number of hydrogen-bond acceptors (Lipinski definition) is 2. The molecule has 1 N–H and O–H groups in total. The van der Waals surface area contributed by atoms with E-state index in [4.69, 9.17) is 0 Å². The minimum atomic E-state index is 0.374. The van der Waals surface area contributed by atoms with Crippen LogP contribution in [0.2, 0.25) is 0 Å². The number of benzene rings is 1. The predicted octanol–water partition coefficient (Wildman–Crippen LogP) is 3.41. The Morgan fingerprint density at radius 1 is 1.18 bits per heavy atom. The van der Waals surface area contributed by atoms with E-state index in [9.17, 15) is 0 Å². The molecule has 0 spiro atoms. The summed E-state index contributed by atoms with van der Waals surface area (Å²) < 4.78 is 0. The number of rotatable bonds is 1. The second-order valence-corrected chi connectivity index (χ2v) is 4.74. The molecule has 1 aliphatic heterocycles. The average molecular weight is 224 g/mol. The maximum atomic E-state index is 4.20. The second kappa shape index (κ2) is 3.88. The highest BCUT2D eigenvalue weighted by atomic mass is 15.0. The molecule has 1 atom stereocenters. The summed E-state index contributed by atoms with van der Waals surface area (Å²) in [5.41, 5.74) is 6.75. The zero-order chi connectivity index (χ0) is 11.8. The molecule has 1 aliphatic rings. The Morgan fingerprint density at radius 3 is 2.71 bits per heavy atom. The summed E-state index contributed by atoms with van der Waals surface area (Å²) in [6.07, 6.45) is 4.84. The van der Waals surface area contributed by atoms with Crippen LogP contribution in [0.1, 0.15) is 28.3 Å². The van der Waals surface area contributed by atoms with E-state index in [0.717, 1.165) is 6.42 Å². The first-order valence-electron chi connectivity index (χ1n) is 6.01. The summed E-state index contributed by atoms with van der Waals surface area (Å²) in [4.78, 5) is 4.20. The molecule has 2 heterocycles. The van der Waals surface area contributed by atoms with Crippen LogP contribution in [0.4, 0.5) is 5.69 Å². The highest BCUT2D eigenvalue weighted by Crippen LogP contribution is 2.37. The molecule has 1 aromatic carbocycles. The number of nitrogens with zero attached hydrogens (tertiary/aromatic N) is 1. The molecule has 1 aromatic heterocycles. The fraction of sp³-hybridized carbons (Fsp3) is 0.267. The molecular formula is C15H16N2. The second-order valence-electron chi connectivity index (χ2n) is 4.74. The molecule has 86 valence electrons. The molecule has 2 aromatic rings. The molecule has 0 fully saturated rings. The van der Waals surface area contributed by atoms with E-state index in [1.165, 1.54) is 27.9 Å². The number of aryl methyl sites for hydroxylation is 2. The van der Waals surface area contributed by atoms with Gasteiger partial charge < -0.3 is 5.32 Å². The van der Waals surface area contributed by atoms with Crippen molar-refractivity contribution < 1.29 is 0 Å². The van der Waals surface area contributed by atoms with Crippen LogP contribution in [0.3, 0.4) is 0 Å². The van der Waals surface area contributed by atoms with E-state index in [-0.39, 0.29) is 0 Å². The van der Waals surface area contributed by atoms with Crippen LogP contribution in [0.25, 0.3) is 0 Å². The van der Waals surface area contributed by atoms with Crippen LogP contribution < -0.4 is 5.32 Å². The minimum Gasteiger partial charge on any atom is -0.377 e. The molecule has 0 radical (unpaired) electrons. The van der Waals surface area contributed by atoms with Crippen molar-refractivity contribution in [1.82, 2.24) is 4.98 Å². The lowest BCUT2D eigenvalue weighted by Crippen LogP contribution is -2.06. The lowest BCUT2D eigenvalue weighted by Gasteiger charge is -2.11. The third-order valence-electron chi connectivity index (χ3n) is 3.57. The lowest BCUT2D eigenvalue weighted by atomic mass is 9.99. The number of pyridine rings is 1. The maximum Gasteiger partial charge on any atom is 0.0570 e. The fourth-order valence-corrected chi connectivity index (χ4v) is 2.55. The molecule has 2 heteroatoms. The van der Waals surface area contributed by atoms with Crippen molar-refractivity contribution in [2.24, 2.45) is 0 Å². The highest BCUT2D eigenvalue weighted by Gasteiger charge is 2.24. The molecule has 0 amide bonds. The van der Waals surface area contributed by atoms with Gasteiger partial charge in [-0.05, 0) is 48.6 Å². The van der Waals surface area contributed by atoms with Gasteiger partial charge in [-0.25, -0.2) is 0 Å². The fourth-order valence-electron chi connectivity index (χ4n) is 2.55. The van der Waals surface area contributed by atoms with Gasteiger partial charge in [-0.15, -0.1) is 0 Å². The first-order chi connectivity index (χ1) is 8.25. The SMILES string of the molecule is Cc1ccc(C)c2c1CC(c1cccnc1)N2. The van der Waals surface area contributed by atoms with Crippen molar-refractivity contribution in [3.8, 4) is 0 Å². The van der Waals surface area contributed by atoms with E-state index in [2.05, 4.69) is 42.3 Å². The van der Waals surface area contributed by atoms with Gasteiger partial charge in [0.15, 0.2) is 0 Å². The van der Waals surface area contributed by atoms with Gasteiger partial charge in [-0.1, -0.05) is 18.2 Å². The van der Waals surface area contributed by atoms with E-state index in [1.807, 2.05) is 18.5 Å². The van der Waals surface area contributed by atoms with Crippen LogP contribution in [-0.2, 0) is 6.42 Å². The maximum absolute atomic E-state index is 4.20. The van der Waals surface area contributed by atoms with Crippen molar-refractivity contribution in [2.75, 3.05) is 5.32 Å². The van der Waals surface area contributed by atoms with Crippen molar-refractivity contribution in [3.05, 3.63) is 58.9 Å². The number of fused-ring (bicyclic) bond motifs is 1. The van der Waals surface area contributed by atoms with Crippen LogP contribution in [0, 0.1) is 13.8 Å². The van der Waals surface area contributed by atoms with Gasteiger partial charge in [0.25, 0.3) is 0 Å². The zero-order valence-electron chi connectivity index (χ0n) is 10.2. The van der Waals surface area contributed by atoms with Gasteiger partial charge in [-0.2, -0.15) is 0 Å². The number of hydrogen-bond donors (Lipinski definition) is 1. The normalized spacial score (nSPS) is 17.6. The van der Waals surface area contributed by atoms with E-state index in [1.54, 1.807) is 0 Å². The van der Waals surface area contributed by atoms with Gasteiger partial charge in [-0.3, -0.25) is 4.98 Å². The largest absolute Gasteiger partial charge is 0.377 e. The molecule has 0 saturated carbocycles. The average Bonchev–Trinajstić information content (AvgIpc) is 2.81. The van der Waals surface area contributed by atoms with Crippen LogP contribution in [-0.4, -0.2) is 4.98 Å². The van der Waals surface area contributed by atoms with Gasteiger partial charge in [0, 0.05) is 18.1 Å². The third kappa shape index (κ3) is 1.70. The lowest BCUT2D eigenvalue weighted by molar-refractivity contribution is 0.815. The molecule has 0 aliphatic carbocycles. The quantitative estimate of drug-likeness (QED) is 0.803. The standard InChI is InChI=1S/C15H16N2/c1-10-5-6-11(2)15-13(10)8-14(17-15)12-4-3-7-16-9-12/h3-7,9,14,17H,8H2,1-2H3. The van der Waals surface area contributed by atoms with Crippen molar-refractivity contribution in [3.63, 3.8) is 0 Å². The van der Waals surface area contributed by atoms with E-state index in [0.29, 0.717) is 6.04 Å². The number of anilines is 1. The van der Waals surface area contributed by atoms with E-state index < -0.39 is 0 Å². The van der Waals surface area contributed by atoms with Crippen LogP contribution in [0.15, 0.2) is 36.7 Å². The van der Waals surface area contributed by atoms with Crippen molar-refractivity contribution in [1.29, 1.82) is 0 Å². The third-order valence-corrected chi connectivity index (χ3v) is 3.57. The monoisotopic (exact) mass is 224 g/mol. The Morgan fingerprint density at radius 2 is 2.00 bits per heavy atom. The molecule has 1 unspecified atom stereocenters. The minimum absolute atomic E-state index is 0.374. The Labute approximate surface area is 102 Å². The molecule has 2 nitrogen and oxygen atoms in total. The first-order valence-corrected chi connectivity index (χ1v) is 6.01. The molecule has 3 rings (SSSR count). The molecule has 0 bridgehead atoms. The van der Waals surface area contributed by atoms with E-state index >= 15 is 0 Å². The Bertz CT molecular complexity index is 515. The summed E-state index contributed by atoms with van der Waals surface area (Å²) in [7, 11) is 0. The summed E-state index contributed by atoms with van der Waals surface area (Å²) in [5.74, 6) is 0. The molecular weight excluding hydrogens is 208 g/mol. The smallest absolute Gasteiger partial charge is 0.0570 e. The Kier molecular flexibility index (Phi) is 2.36. The van der Waals surface area contributed by atoms with Gasteiger partial charge in [0.2, 0.25) is 0 Å². The topological polar surface area (TPSA) is 24.9 Å². The number of nitrogens with one attached hydrogen (secondary N) is 1. The van der Waals surface area contributed by atoms with Gasteiger partial charge in [0.05, 0.1) is 6.04 Å². The summed E-state index contributed by atoms with van der Waals surface area (Å²) in [5, 5.41) is 3.62. The van der Waals surface area contributed by atoms with Gasteiger partial charge >= 0.3 is 0 Å². The summed E-state index contributed by atoms with van der Waals surface area (Å²) in [6.45, 7) is 4.35. The zero-order valence-corrected chi connectivity index (χ0v) is 10.2. The van der Waals surface area contributed by atoms with Gasteiger partial charge in [0.1, 0.15) is 0 Å². The van der Waals surface area contributed by atoms with Crippen molar-refractivity contribution in [2.45, 2.75) is 26.3 Å². The Hall–Kier alpha value is -1.83. The Balaban J connectivity index is 1.98. The molecule has 17 heavy (non-hydrogen) atoms. The van der Waals surface area contributed by atoms with Crippen LogP contribution in [0.5, 0.6) is 0 Å². The van der Waals surface area contributed by atoms with Crippen molar-refractivity contribution >= 4 is 5.69 Å². The summed E-state index contributed by atoms with van der Waals surface area (Å²) >= 11 is 0. The predicted molar refractivity (Wildman–Crippen MR) is 70.2 cm³/mol. The first kappa shape index (κ1) is 10.3. The molecule has 0 saturated heterocycles. The summed E-state index contributed by atoms with van der Waals surface area (Å²) in [6, 6.07) is 8.91. The van der Waals surface area contributed by atoms with Crippen LogP contribution >= 0.6 is 0 Å². The highest BCUT2D eigenvalue weighted by molar-refractivity contribution is 5.65.